The van der Waals surface area contributed by atoms with Gasteiger partial charge in [-0.15, -0.1) is 0 Å². The number of hydrogen-bond donors (Lipinski definition) is 0. The molecular formula is C40H23F5N4. The first-order valence-electron chi connectivity index (χ1n) is 15.3. The van der Waals surface area contributed by atoms with E-state index < -0.39 is 23.4 Å². The highest BCUT2D eigenvalue weighted by Gasteiger charge is 2.31. The Balaban J connectivity index is 1.45. The molecule has 0 atom stereocenters. The number of nitrogens with zero attached hydrogens (tertiary/aromatic N) is 4. The van der Waals surface area contributed by atoms with Crippen molar-refractivity contribution >= 4 is 21.8 Å². The molecule has 0 unspecified atom stereocenters. The zero-order valence-electron chi connectivity index (χ0n) is 25.5. The second-order valence-electron chi connectivity index (χ2n) is 11.5. The Hall–Kier alpha value is -6.22. The number of aromatic nitrogens is 4. The van der Waals surface area contributed by atoms with E-state index in [4.69, 9.17) is 15.0 Å². The van der Waals surface area contributed by atoms with Gasteiger partial charge in [-0.2, -0.15) is 13.2 Å². The normalized spacial score (nSPS) is 11.8. The van der Waals surface area contributed by atoms with Gasteiger partial charge in [0.2, 0.25) is 0 Å². The summed E-state index contributed by atoms with van der Waals surface area (Å²) in [5.41, 5.74) is 4.00. The Kier molecular flexibility index (Phi) is 7.25. The molecule has 0 saturated heterocycles. The highest BCUT2D eigenvalue weighted by molar-refractivity contribution is 6.10. The van der Waals surface area contributed by atoms with Crippen LogP contribution in [0.1, 0.15) is 5.56 Å². The molecule has 0 aliphatic rings. The van der Waals surface area contributed by atoms with Crippen molar-refractivity contribution in [2.24, 2.45) is 0 Å². The van der Waals surface area contributed by atoms with Crippen LogP contribution in [0.25, 0.3) is 72.8 Å². The number of rotatable bonds is 5. The Morgan fingerprint density at radius 1 is 0.449 bits per heavy atom. The first-order valence-corrected chi connectivity index (χ1v) is 15.3. The Bertz CT molecular complexity index is 2450. The lowest BCUT2D eigenvalue weighted by molar-refractivity contribution is -0.137. The predicted octanol–water partition coefficient (Wildman–Crippen LogP) is 10.9. The zero-order chi connectivity index (χ0) is 33.7. The largest absolute Gasteiger partial charge is 0.416 e. The van der Waals surface area contributed by atoms with Gasteiger partial charge in [-0.05, 0) is 59.7 Å². The molecule has 2 aromatic heterocycles. The maximum Gasteiger partial charge on any atom is 0.416 e. The van der Waals surface area contributed by atoms with E-state index >= 15 is 0 Å². The van der Waals surface area contributed by atoms with Gasteiger partial charge < -0.3 is 4.57 Å². The minimum Gasteiger partial charge on any atom is -0.309 e. The second kappa shape index (κ2) is 11.8. The van der Waals surface area contributed by atoms with Crippen molar-refractivity contribution in [2.45, 2.75) is 6.18 Å². The van der Waals surface area contributed by atoms with Gasteiger partial charge in [0, 0.05) is 27.5 Å². The number of benzene rings is 6. The highest BCUT2D eigenvalue weighted by Crippen LogP contribution is 2.40. The molecular weight excluding hydrogens is 631 g/mol. The molecule has 8 rings (SSSR count). The lowest BCUT2D eigenvalue weighted by Crippen LogP contribution is -2.05. The minimum absolute atomic E-state index is 0.282. The van der Waals surface area contributed by atoms with E-state index in [1.54, 1.807) is 30.3 Å². The van der Waals surface area contributed by atoms with Crippen molar-refractivity contribution in [2.75, 3.05) is 0 Å². The standard InChI is InChI=1S/C40H23F5N4/c41-32-18-15-27(22-33(32)42)26-16-19-36(49-34-14-8-7-13-29(34)30-23-28(40(43,44)45)17-20-35(30)49)31(21-26)39-47-37(24-9-3-1-4-10-24)46-38(48-39)25-11-5-2-6-12-25/h1-23H. The topological polar surface area (TPSA) is 43.6 Å². The number of hydrogen-bond acceptors (Lipinski definition) is 3. The highest BCUT2D eigenvalue weighted by atomic mass is 19.4. The fourth-order valence-corrected chi connectivity index (χ4v) is 6.10. The first-order chi connectivity index (χ1) is 23.7. The minimum atomic E-state index is -4.53. The van der Waals surface area contributed by atoms with Crippen LogP contribution in [0, 0.1) is 11.6 Å². The number of para-hydroxylation sites is 1. The maximum atomic E-state index is 14.4. The fourth-order valence-electron chi connectivity index (χ4n) is 6.10. The molecule has 49 heavy (non-hydrogen) atoms. The molecule has 8 aromatic rings. The van der Waals surface area contributed by atoms with E-state index in [2.05, 4.69) is 0 Å². The number of alkyl halides is 3. The molecule has 6 aromatic carbocycles. The van der Waals surface area contributed by atoms with Gasteiger partial charge in [0.25, 0.3) is 0 Å². The second-order valence-corrected chi connectivity index (χ2v) is 11.5. The average molecular weight is 655 g/mol. The monoisotopic (exact) mass is 654 g/mol. The van der Waals surface area contributed by atoms with Crippen LogP contribution >= 0.6 is 0 Å². The lowest BCUT2D eigenvalue weighted by Gasteiger charge is -2.16. The smallest absolute Gasteiger partial charge is 0.309 e. The van der Waals surface area contributed by atoms with Crippen LogP contribution in [0.5, 0.6) is 0 Å². The van der Waals surface area contributed by atoms with Gasteiger partial charge in [0.15, 0.2) is 29.1 Å². The van der Waals surface area contributed by atoms with Crippen LogP contribution in [0.2, 0.25) is 0 Å². The molecule has 0 aliphatic heterocycles. The van der Waals surface area contributed by atoms with Gasteiger partial charge in [-0.3, -0.25) is 0 Å². The van der Waals surface area contributed by atoms with Crippen LogP contribution < -0.4 is 0 Å². The van der Waals surface area contributed by atoms with Crippen LogP contribution in [0.4, 0.5) is 22.0 Å². The average Bonchev–Trinajstić information content (AvgIpc) is 3.46. The molecule has 0 aliphatic carbocycles. The van der Waals surface area contributed by atoms with Gasteiger partial charge in [-0.1, -0.05) is 91.0 Å². The number of halogens is 5. The summed E-state index contributed by atoms with van der Waals surface area (Å²) < 4.78 is 71.9. The van der Waals surface area contributed by atoms with Crippen LogP contribution in [-0.4, -0.2) is 19.5 Å². The SMILES string of the molecule is Fc1ccc(-c2ccc(-n3c4ccccc4c4cc(C(F)(F)F)ccc43)c(-c3nc(-c4ccccc4)nc(-c4ccccc4)n3)c2)cc1F. The third kappa shape index (κ3) is 5.49. The van der Waals surface area contributed by atoms with Gasteiger partial charge in [0.1, 0.15) is 0 Å². The van der Waals surface area contributed by atoms with E-state index in [0.29, 0.717) is 55.8 Å². The van der Waals surface area contributed by atoms with Gasteiger partial charge in [-0.25, -0.2) is 23.7 Å². The maximum absolute atomic E-state index is 14.4. The van der Waals surface area contributed by atoms with Crippen LogP contribution in [0.3, 0.4) is 0 Å². The Morgan fingerprint density at radius 3 is 1.67 bits per heavy atom. The summed E-state index contributed by atoms with van der Waals surface area (Å²) in [4.78, 5) is 14.6. The molecule has 0 radical (unpaired) electrons. The molecule has 9 heteroatoms. The molecule has 0 bridgehead atoms. The molecule has 238 valence electrons. The molecule has 0 fully saturated rings. The van der Waals surface area contributed by atoms with Crippen LogP contribution in [-0.2, 0) is 6.18 Å². The summed E-state index contributed by atoms with van der Waals surface area (Å²) in [5, 5.41) is 1.05. The molecule has 0 amide bonds. The van der Waals surface area contributed by atoms with Crippen molar-refractivity contribution in [3.8, 4) is 51.0 Å². The molecule has 0 spiro atoms. The van der Waals surface area contributed by atoms with E-state index in [9.17, 15) is 22.0 Å². The molecule has 0 saturated carbocycles. The van der Waals surface area contributed by atoms with E-state index in [-0.39, 0.29) is 5.82 Å². The number of fused-ring (bicyclic) bond motifs is 3. The van der Waals surface area contributed by atoms with E-state index in [0.717, 1.165) is 35.4 Å². The molecule has 2 heterocycles. The van der Waals surface area contributed by atoms with Crippen molar-refractivity contribution in [3.05, 3.63) is 157 Å². The third-order valence-electron chi connectivity index (χ3n) is 8.43. The lowest BCUT2D eigenvalue weighted by atomic mass is 10.0. The van der Waals surface area contributed by atoms with Crippen molar-refractivity contribution in [1.29, 1.82) is 0 Å². The fraction of sp³-hybridized carbons (Fsp3) is 0.0250. The van der Waals surface area contributed by atoms with Crippen molar-refractivity contribution < 1.29 is 22.0 Å². The third-order valence-corrected chi connectivity index (χ3v) is 8.43. The molecule has 4 nitrogen and oxygen atoms in total. The summed E-state index contributed by atoms with van der Waals surface area (Å²) in [6, 6.07) is 38.8. The first kappa shape index (κ1) is 30.1. The van der Waals surface area contributed by atoms with E-state index in [1.165, 1.54) is 12.1 Å². The van der Waals surface area contributed by atoms with Crippen LogP contribution in [0.15, 0.2) is 140 Å². The summed E-state index contributed by atoms with van der Waals surface area (Å²) in [6.45, 7) is 0. The molecule has 0 N–H and O–H groups in total. The summed E-state index contributed by atoms with van der Waals surface area (Å²) in [5.74, 6) is -0.869. The Labute approximate surface area is 276 Å². The van der Waals surface area contributed by atoms with Gasteiger partial charge in [0.05, 0.1) is 22.3 Å². The Morgan fingerprint density at radius 2 is 1.02 bits per heavy atom. The predicted molar refractivity (Wildman–Crippen MR) is 181 cm³/mol. The summed E-state index contributed by atoms with van der Waals surface area (Å²) in [6.07, 6.45) is -4.53. The van der Waals surface area contributed by atoms with Gasteiger partial charge >= 0.3 is 6.18 Å². The van der Waals surface area contributed by atoms with Crippen molar-refractivity contribution in [3.63, 3.8) is 0 Å². The zero-order valence-corrected chi connectivity index (χ0v) is 25.5. The summed E-state index contributed by atoms with van der Waals surface area (Å²) >= 11 is 0. The van der Waals surface area contributed by atoms with E-state index in [1.807, 2.05) is 77.4 Å². The quantitative estimate of drug-likeness (QED) is 0.174. The van der Waals surface area contributed by atoms with Crippen molar-refractivity contribution in [1.82, 2.24) is 19.5 Å². The summed E-state index contributed by atoms with van der Waals surface area (Å²) in [7, 11) is 0.